The molecule has 0 radical (unpaired) electrons. The van der Waals surface area contributed by atoms with E-state index in [1.807, 2.05) is 18.7 Å². The van der Waals surface area contributed by atoms with Gasteiger partial charge in [0.1, 0.15) is 17.6 Å². The summed E-state index contributed by atoms with van der Waals surface area (Å²) in [5.41, 5.74) is 0.533. The highest BCUT2D eigenvalue weighted by Gasteiger charge is 2.56. The molecule has 1 saturated carbocycles. The predicted molar refractivity (Wildman–Crippen MR) is 86.8 cm³/mol. The molecule has 0 spiro atoms. The monoisotopic (exact) mass is 330 g/mol. The van der Waals surface area contributed by atoms with Crippen molar-refractivity contribution < 1.29 is 14.3 Å². The number of piperidine rings is 1. The topological polar surface area (TPSA) is 87.3 Å². The van der Waals surface area contributed by atoms with Crippen molar-refractivity contribution in [3.8, 4) is 12.3 Å². The van der Waals surface area contributed by atoms with Crippen LogP contribution < -0.4 is 5.32 Å². The maximum atomic E-state index is 13.1. The fourth-order valence-corrected chi connectivity index (χ4v) is 3.46. The van der Waals surface area contributed by atoms with Gasteiger partial charge in [0.15, 0.2) is 0 Å². The number of ether oxygens (including phenoxy) is 1. The van der Waals surface area contributed by atoms with Gasteiger partial charge in [0.25, 0.3) is 0 Å². The number of carbonyl (C=O) groups excluding carboxylic acids is 2. The number of nitrogens with zero attached hydrogens (tertiary/aromatic N) is 2. The van der Waals surface area contributed by atoms with Crippen LogP contribution >= 0.6 is 0 Å². The Labute approximate surface area is 141 Å². The summed E-state index contributed by atoms with van der Waals surface area (Å²) in [5.74, 6) is 3.57. The van der Waals surface area contributed by atoms with Crippen LogP contribution in [0.1, 0.15) is 44.2 Å². The first-order chi connectivity index (χ1) is 11.5. The molecule has 1 aromatic heterocycles. The largest absolute Gasteiger partial charge is 0.453 e. The predicted octanol–water partition coefficient (Wildman–Crippen LogP) is 1.43. The van der Waals surface area contributed by atoms with E-state index < -0.39 is 12.1 Å². The van der Waals surface area contributed by atoms with E-state index in [1.54, 1.807) is 6.20 Å². The number of terminal acetylenes is 1. The van der Waals surface area contributed by atoms with Crippen molar-refractivity contribution in [3.05, 3.63) is 17.7 Å². The van der Waals surface area contributed by atoms with Gasteiger partial charge in [-0.1, -0.05) is 13.8 Å². The van der Waals surface area contributed by atoms with Gasteiger partial charge >= 0.3 is 6.09 Å². The summed E-state index contributed by atoms with van der Waals surface area (Å²) in [6.07, 6.45) is 8.33. The number of nitrogens with one attached hydrogen (secondary N) is 2. The molecule has 1 aliphatic carbocycles. The van der Waals surface area contributed by atoms with Crippen LogP contribution in [0.2, 0.25) is 0 Å². The van der Waals surface area contributed by atoms with Gasteiger partial charge < -0.3 is 19.9 Å². The lowest BCUT2D eigenvalue weighted by Crippen LogP contribution is -2.52. The van der Waals surface area contributed by atoms with Gasteiger partial charge in [0.05, 0.1) is 13.2 Å². The Morgan fingerprint density at radius 2 is 2.25 bits per heavy atom. The van der Waals surface area contributed by atoms with E-state index in [0.717, 1.165) is 12.8 Å². The molecule has 2 fully saturated rings. The van der Waals surface area contributed by atoms with E-state index in [1.165, 1.54) is 7.11 Å². The quantitative estimate of drug-likeness (QED) is 0.818. The number of hydrogen-bond donors (Lipinski definition) is 2. The first kappa shape index (κ1) is 16.4. The van der Waals surface area contributed by atoms with Crippen LogP contribution in [0, 0.1) is 24.2 Å². The second-order valence-corrected chi connectivity index (χ2v) is 6.73. The van der Waals surface area contributed by atoms with Gasteiger partial charge in [-0.3, -0.25) is 4.79 Å². The minimum absolute atomic E-state index is 0.0482. The average molecular weight is 330 g/mol. The van der Waals surface area contributed by atoms with E-state index in [-0.39, 0.29) is 23.9 Å². The number of amides is 2. The number of hydrogen-bond acceptors (Lipinski definition) is 4. The molecule has 2 aliphatic rings. The van der Waals surface area contributed by atoms with Crippen molar-refractivity contribution in [2.75, 3.05) is 7.11 Å². The molecular formula is C17H22N4O3. The lowest BCUT2D eigenvalue weighted by atomic mass is 10.0. The molecule has 2 heterocycles. The molecule has 1 unspecified atom stereocenters. The number of aromatic nitrogens is 2. The molecule has 1 aliphatic heterocycles. The third-order valence-electron chi connectivity index (χ3n) is 4.81. The van der Waals surface area contributed by atoms with Gasteiger partial charge in [0, 0.05) is 12.2 Å². The second-order valence-electron chi connectivity index (χ2n) is 6.73. The Morgan fingerprint density at radius 3 is 2.83 bits per heavy atom. The fourth-order valence-electron chi connectivity index (χ4n) is 3.46. The number of rotatable bonds is 4. The van der Waals surface area contributed by atoms with E-state index in [2.05, 4.69) is 25.9 Å². The highest BCUT2D eigenvalue weighted by molar-refractivity contribution is 5.87. The van der Waals surface area contributed by atoms with E-state index in [0.29, 0.717) is 17.4 Å². The molecular weight excluding hydrogens is 308 g/mol. The first-order valence-electron chi connectivity index (χ1n) is 8.14. The normalized spacial score (nSPS) is 25.8. The van der Waals surface area contributed by atoms with Crippen molar-refractivity contribution in [3.63, 3.8) is 0 Å². The van der Waals surface area contributed by atoms with Crippen LogP contribution in [0.25, 0.3) is 0 Å². The molecule has 7 heteroatoms. The van der Waals surface area contributed by atoms with E-state index in [9.17, 15) is 9.59 Å². The highest BCUT2D eigenvalue weighted by atomic mass is 16.5. The summed E-state index contributed by atoms with van der Waals surface area (Å²) in [5, 5.41) is 2.65. The molecule has 2 N–H and O–H groups in total. The Bertz CT molecular complexity index is 690. The zero-order valence-electron chi connectivity index (χ0n) is 14.1. The number of H-pyrrole nitrogens is 1. The highest BCUT2D eigenvalue weighted by Crippen LogP contribution is 2.53. The van der Waals surface area contributed by atoms with Crippen molar-refractivity contribution >= 4 is 12.0 Å². The Hall–Kier alpha value is -2.49. The molecule has 1 saturated heterocycles. The first-order valence-corrected chi connectivity index (χ1v) is 8.14. The Kier molecular flexibility index (Phi) is 4.22. The SMILES string of the molecule is C#Cc1c[nH]c([C@@H]2C[C@H]3CC3N2C(=O)[C@@H](NC(=O)OC)C(C)C)n1. The summed E-state index contributed by atoms with van der Waals surface area (Å²) >= 11 is 0. The lowest BCUT2D eigenvalue weighted by Gasteiger charge is -2.31. The van der Waals surface area contributed by atoms with Gasteiger partial charge in [-0.25, -0.2) is 9.78 Å². The maximum absolute atomic E-state index is 13.1. The summed E-state index contributed by atoms with van der Waals surface area (Å²) < 4.78 is 4.65. The number of fused-ring (bicyclic) bond motifs is 1. The molecule has 24 heavy (non-hydrogen) atoms. The standard InChI is InChI=1S/C17H22N4O3/c1-5-11-8-18-15(19-11)13-7-10-6-12(10)21(13)16(22)14(9(2)3)20-17(23)24-4/h1,8-10,12-14H,6-7H2,2-4H3,(H,18,19)(H,20,23)/t10-,12?,13+,14+/m1/s1. The molecule has 4 atom stereocenters. The summed E-state index contributed by atoms with van der Waals surface area (Å²) in [7, 11) is 1.29. The van der Waals surface area contributed by atoms with Crippen LogP contribution in [0.15, 0.2) is 6.20 Å². The third kappa shape index (κ3) is 2.84. The molecule has 0 bridgehead atoms. The third-order valence-corrected chi connectivity index (χ3v) is 4.81. The zero-order valence-corrected chi connectivity index (χ0v) is 14.1. The minimum atomic E-state index is -0.624. The van der Waals surface area contributed by atoms with Gasteiger partial charge in [0.2, 0.25) is 5.91 Å². The number of likely N-dealkylation sites (tertiary alicyclic amines) is 1. The van der Waals surface area contributed by atoms with Gasteiger partial charge in [-0.05, 0) is 30.6 Å². The molecule has 3 rings (SSSR count). The summed E-state index contributed by atoms with van der Waals surface area (Å²) in [6, 6.07) is -0.520. The van der Waals surface area contributed by atoms with Crippen LogP contribution in [-0.2, 0) is 9.53 Å². The smallest absolute Gasteiger partial charge is 0.407 e. The zero-order chi connectivity index (χ0) is 17.4. The van der Waals surface area contributed by atoms with E-state index >= 15 is 0 Å². The molecule has 0 aromatic carbocycles. The Morgan fingerprint density at radius 1 is 1.50 bits per heavy atom. The lowest BCUT2D eigenvalue weighted by molar-refractivity contribution is -0.136. The minimum Gasteiger partial charge on any atom is -0.453 e. The number of imidazole rings is 1. The van der Waals surface area contributed by atoms with E-state index in [4.69, 9.17) is 6.42 Å². The molecule has 1 aromatic rings. The Balaban J connectivity index is 1.83. The molecule has 2 amide bonds. The van der Waals surface area contributed by atoms with Crippen molar-refractivity contribution in [1.29, 1.82) is 0 Å². The van der Waals surface area contributed by atoms with Crippen LogP contribution in [0.4, 0.5) is 4.79 Å². The van der Waals surface area contributed by atoms with Gasteiger partial charge in [-0.2, -0.15) is 0 Å². The molecule has 128 valence electrons. The van der Waals surface area contributed by atoms with Gasteiger partial charge in [-0.15, -0.1) is 6.42 Å². The summed E-state index contributed by atoms with van der Waals surface area (Å²) in [6.45, 7) is 3.80. The summed E-state index contributed by atoms with van der Waals surface area (Å²) in [4.78, 5) is 34.0. The van der Waals surface area contributed by atoms with Crippen molar-refractivity contribution in [1.82, 2.24) is 20.2 Å². The average Bonchev–Trinajstić information content (AvgIpc) is 3.01. The van der Waals surface area contributed by atoms with Crippen LogP contribution in [0.3, 0.4) is 0 Å². The van der Waals surface area contributed by atoms with Crippen LogP contribution in [0.5, 0.6) is 0 Å². The number of aromatic amines is 1. The number of carbonyl (C=O) groups is 2. The van der Waals surface area contributed by atoms with Crippen LogP contribution in [-0.4, -0.2) is 46.1 Å². The van der Waals surface area contributed by atoms with Crippen molar-refractivity contribution in [2.45, 2.75) is 44.8 Å². The van der Waals surface area contributed by atoms with Crippen molar-refractivity contribution in [2.24, 2.45) is 11.8 Å². The maximum Gasteiger partial charge on any atom is 0.407 e. The fraction of sp³-hybridized carbons (Fsp3) is 0.588. The number of methoxy groups -OCH3 is 1. The number of alkyl carbamates (subject to hydrolysis) is 1. The molecule has 7 nitrogen and oxygen atoms in total. The second kappa shape index (κ2) is 6.19.